The van der Waals surface area contributed by atoms with Crippen molar-refractivity contribution in [2.75, 3.05) is 13.1 Å². The monoisotopic (exact) mass is 268 g/mol. The molecule has 0 radical (unpaired) electrons. The first kappa shape index (κ1) is 11.6. The maximum atomic E-state index is 8.88. The van der Waals surface area contributed by atoms with E-state index in [1.54, 1.807) is 0 Å². The normalized spacial score (nSPS) is 40.8. The first-order valence-electron chi connectivity index (χ1n) is 5.49. The standard InChI is InChI=1S/C9H12N6S2/c10-4-16-6-1-2-14-9-8(6)7(17-5-11)3-15(9)13-12-14/h6-9,12-13H,1-3H2. The van der Waals surface area contributed by atoms with E-state index < -0.39 is 0 Å². The molecule has 0 bridgehead atoms. The van der Waals surface area contributed by atoms with Crippen LogP contribution in [0.15, 0.2) is 0 Å². The molecule has 3 rings (SSSR count). The van der Waals surface area contributed by atoms with Crippen LogP contribution in [-0.2, 0) is 0 Å². The van der Waals surface area contributed by atoms with E-state index in [1.807, 2.05) is 0 Å². The molecule has 0 aromatic rings. The van der Waals surface area contributed by atoms with Gasteiger partial charge in [-0.25, -0.2) is 10.0 Å². The predicted molar refractivity (Wildman–Crippen MR) is 65.6 cm³/mol. The minimum Gasteiger partial charge on any atom is -0.211 e. The molecule has 17 heavy (non-hydrogen) atoms. The number of thioether (sulfide) groups is 2. The minimum atomic E-state index is 0.278. The van der Waals surface area contributed by atoms with E-state index in [0.717, 1.165) is 19.5 Å². The third kappa shape index (κ3) is 1.82. The second-order valence-corrected chi connectivity index (χ2v) is 6.39. The molecule has 2 N–H and O–H groups in total. The smallest absolute Gasteiger partial charge is 0.133 e. The second-order valence-electron chi connectivity index (χ2n) is 4.34. The van der Waals surface area contributed by atoms with Crippen LogP contribution >= 0.6 is 23.5 Å². The lowest BCUT2D eigenvalue weighted by molar-refractivity contribution is 0.0751. The Bertz CT molecular complexity index is 372. The summed E-state index contributed by atoms with van der Waals surface area (Å²) in [4.78, 5) is 0. The summed E-state index contributed by atoms with van der Waals surface area (Å²) in [5.74, 6) is 0.362. The van der Waals surface area contributed by atoms with Gasteiger partial charge in [0.05, 0.1) is 6.17 Å². The summed E-state index contributed by atoms with van der Waals surface area (Å²) in [5, 5.41) is 27.1. The van der Waals surface area contributed by atoms with Gasteiger partial charge in [0, 0.05) is 29.5 Å². The Morgan fingerprint density at radius 1 is 1.06 bits per heavy atom. The Morgan fingerprint density at radius 3 is 2.53 bits per heavy atom. The van der Waals surface area contributed by atoms with Crippen molar-refractivity contribution in [3.8, 4) is 10.8 Å². The fourth-order valence-electron chi connectivity index (χ4n) is 2.97. The minimum absolute atomic E-state index is 0.278. The average Bonchev–Trinajstić information content (AvgIpc) is 2.87. The van der Waals surface area contributed by atoms with Gasteiger partial charge < -0.3 is 0 Å². The van der Waals surface area contributed by atoms with Gasteiger partial charge in [0.1, 0.15) is 10.8 Å². The first-order chi connectivity index (χ1) is 8.35. The highest BCUT2D eigenvalue weighted by Crippen LogP contribution is 2.44. The molecule has 0 saturated carbocycles. The molecule has 0 aromatic carbocycles. The molecule has 3 heterocycles. The summed E-state index contributed by atoms with van der Waals surface area (Å²) in [6.07, 6.45) is 1.27. The number of rotatable bonds is 2. The lowest BCUT2D eigenvalue weighted by Crippen LogP contribution is -2.52. The Balaban J connectivity index is 1.84. The zero-order valence-corrected chi connectivity index (χ0v) is 10.7. The highest BCUT2D eigenvalue weighted by atomic mass is 32.2. The summed E-state index contributed by atoms with van der Waals surface area (Å²) in [6, 6.07) is 0. The molecule has 0 spiro atoms. The highest BCUT2D eigenvalue weighted by molar-refractivity contribution is 8.05. The molecule has 6 nitrogen and oxygen atoms in total. The molecule has 0 aromatic heterocycles. The van der Waals surface area contributed by atoms with Crippen molar-refractivity contribution in [1.29, 1.82) is 10.5 Å². The number of hydrogen-bond donors (Lipinski definition) is 2. The van der Waals surface area contributed by atoms with E-state index in [-0.39, 0.29) is 11.4 Å². The summed E-state index contributed by atoms with van der Waals surface area (Å²) in [5.41, 5.74) is 6.28. The third-order valence-electron chi connectivity index (χ3n) is 3.62. The van der Waals surface area contributed by atoms with E-state index in [9.17, 15) is 0 Å². The second kappa shape index (κ2) is 4.65. The Hall–Kier alpha value is -0.480. The van der Waals surface area contributed by atoms with Crippen LogP contribution in [-0.4, -0.2) is 39.8 Å². The van der Waals surface area contributed by atoms with Crippen LogP contribution in [0.1, 0.15) is 6.42 Å². The molecular formula is C9H12N6S2. The highest BCUT2D eigenvalue weighted by Gasteiger charge is 2.54. The largest absolute Gasteiger partial charge is 0.211 e. The van der Waals surface area contributed by atoms with Crippen LogP contribution in [0.4, 0.5) is 0 Å². The number of hydrazine groups is 3. The fraction of sp³-hybridized carbons (Fsp3) is 0.778. The van der Waals surface area contributed by atoms with Crippen molar-refractivity contribution < 1.29 is 0 Å². The maximum Gasteiger partial charge on any atom is 0.133 e. The third-order valence-corrected chi connectivity index (χ3v) is 5.45. The lowest BCUT2D eigenvalue weighted by atomic mass is 9.94. The molecule has 90 valence electrons. The maximum absolute atomic E-state index is 8.88. The van der Waals surface area contributed by atoms with Gasteiger partial charge in [-0.1, -0.05) is 0 Å². The van der Waals surface area contributed by atoms with Crippen LogP contribution < -0.4 is 11.1 Å². The topological polar surface area (TPSA) is 78.1 Å². The Labute approximate surface area is 108 Å². The SMILES string of the molecule is N#CSC1CCN2NNN3CC(SC#N)C1C23. The van der Waals surface area contributed by atoms with Crippen molar-refractivity contribution in [2.24, 2.45) is 5.92 Å². The van der Waals surface area contributed by atoms with Crippen molar-refractivity contribution in [1.82, 2.24) is 21.1 Å². The molecule has 3 fully saturated rings. The van der Waals surface area contributed by atoms with Gasteiger partial charge in [0.25, 0.3) is 0 Å². The molecule has 8 heteroatoms. The van der Waals surface area contributed by atoms with Gasteiger partial charge in [-0.15, -0.1) is 0 Å². The van der Waals surface area contributed by atoms with Crippen LogP contribution in [0.25, 0.3) is 0 Å². The van der Waals surface area contributed by atoms with E-state index in [1.165, 1.54) is 23.5 Å². The number of nitriles is 2. The van der Waals surface area contributed by atoms with Gasteiger partial charge in [-0.2, -0.15) is 21.6 Å². The fourth-order valence-corrected chi connectivity index (χ4v) is 4.78. The summed E-state index contributed by atoms with van der Waals surface area (Å²) in [7, 11) is 0. The zero-order chi connectivity index (χ0) is 11.8. The molecule has 3 aliphatic heterocycles. The molecule has 3 aliphatic rings. The molecule has 3 saturated heterocycles. The molecule has 4 atom stereocenters. The van der Waals surface area contributed by atoms with Gasteiger partial charge >= 0.3 is 0 Å². The van der Waals surface area contributed by atoms with Crippen molar-refractivity contribution in [3.05, 3.63) is 0 Å². The first-order valence-corrected chi connectivity index (χ1v) is 7.25. The van der Waals surface area contributed by atoms with Gasteiger partial charge in [-0.3, -0.25) is 0 Å². The van der Waals surface area contributed by atoms with Gasteiger partial charge in [-0.05, 0) is 29.9 Å². The van der Waals surface area contributed by atoms with E-state index in [4.69, 9.17) is 10.5 Å². The quantitative estimate of drug-likeness (QED) is 0.680. The average molecular weight is 268 g/mol. The summed E-state index contributed by atoms with van der Waals surface area (Å²) in [6.45, 7) is 1.79. The number of thiocyanates is 2. The van der Waals surface area contributed by atoms with Crippen LogP contribution in [0.2, 0.25) is 0 Å². The van der Waals surface area contributed by atoms with Gasteiger partial charge in [0.15, 0.2) is 0 Å². The molecular weight excluding hydrogens is 256 g/mol. The lowest BCUT2D eigenvalue weighted by Gasteiger charge is -2.38. The molecule has 0 aliphatic carbocycles. The van der Waals surface area contributed by atoms with E-state index >= 15 is 0 Å². The number of nitrogens with one attached hydrogen (secondary N) is 2. The van der Waals surface area contributed by atoms with Crippen LogP contribution in [0, 0.1) is 27.2 Å². The van der Waals surface area contributed by atoms with Gasteiger partial charge in [0.2, 0.25) is 0 Å². The van der Waals surface area contributed by atoms with Crippen LogP contribution in [0.3, 0.4) is 0 Å². The Morgan fingerprint density at radius 2 is 1.76 bits per heavy atom. The number of piperidine rings is 1. The zero-order valence-electron chi connectivity index (χ0n) is 9.04. The molecule has 4 unspecified atom stereocenters. The van der Waals surface area contributed by atoms with E-state index in [2.05, 4.69) is 31.9 Å². The van der Waals surface area contributed by atoms with Crippen LogP contribution in [0.5, 0.6) is 0 Å². The predicted octanol–water partition coefficient (Wildman–Crippen LogP) is 0.0536. The molecule has 0 amide bonds. The van der Waals surface area contributed by atoms with Crippen molar-refractivity contribution in [2.45, 2.75) is 23.1 Å². The van der Waals surface area contributed by atoms with Crippen molar-refractivity contribution >= 4 is 23.5 Å². The number of hydrogen-bond acceptors (Lipinski definition) is 8. The van der Waals surface area contributed by atoms with E-state index in [0.29, 0.717) is 11.2 Å². The number of nitrogens with zero attached hydrogens (tertiary/aromatic N) is 4. The summed E-state index contributed by atoms with van der Waals surface area (Å²) >= 11 is 2.70. The summed E-state index contributed by atoms with van der Waals surface area (Å²) < 4.78 is 0. The Kier molecular flexibility index (Phi) is 3.17. The van der Waals surface area contributed by atoms with Crippen molar-refractivity contribution in [3.63, 3.8) is 0 Å².